The van der Waals surface area contributed by atoms with E-state index in [0.717, 1.165) is 27.8 Å². The number of amides is 2. The summed E-state index contributed by atoms with van der Waals surface area (Å²) in [6, 6.07) is 17.5. The molecule has 2 amide bonds. The highest BCUT2D eigenvalue weighted by Crippen LogP contribution is 2.28. The fraction of sp³-hybridized carbons (Fsp3) is 0.154. The summed E-state index contributed by atoms with van der Waals surface area (Å²) >= 11 is 6.01. The molecule has 0 bridgehead atoms. The molecule has 0 atom stereocenters. The molecular formula is C26H23ClFN3O2. The van der Waals surface area contributed by atoms with Gasteiger partial charge in [0.05, 0.1) is 5.52 Å². The number of rotatable bonds is 6. The number of aromatic amines is 1. The number of nitrogens with one attached hydrogen (secondary N) is 3. The molecular weight excluding hydrogens is 441 g/mol. The molecule has 0 spiro atoms. The highest BCUT2D eigenvalue weighted by atomic mass is 35.5. The summed E-state index contributed by atoms with van der Waals surface area (Å²) in [7, 11) is 1.59. The van der Waals surface area contributed by atoms with Gasteiger partial charge < -0.3 is 15.6 Å². The van der Waals surface area contributed by atoms with E-state index in [2.05, 4.69) is 15.6 Å². The van der Waals surface area contributed by atoms with Crippen molar-refractivity contribution in [1.82, 2.24) is 15.6 Å². The van der Waals surface area contributed by atoms with E-state index in [9.17, 15) is 14.0 Å². The number of aryl methyl sites for hydroxylation is 1. The van der Waals surface area contributed by atoms with Gasteiger partial charge in [-0.25, -0.2) is 4.39 Å². The van der Waals surface area contributed by atoms with Crippen molar-refractivity contribution in [3.8, 4) is 11.1 Å². The van der Waals surface area contributed by atoms with Crippen LogP contribution in [-0.4, -0.2) is 30.4 Å². The van der Waals surface area contributed by atoms with Crippen LogP contribution in [-0.2, 0) is 6.42 Å². The maximum atomic E-state index is 14.1. The number of aromatic nitrogens is 1. The Labute approximate surface area is 196 Å². The van der Waals surface area contributed by atoms with Crippen molar-refractivity contribution in [3.63, 3.8) is 0 Å². The zero-order valence-corrected chi connectivity index (χ0v) is 19.0. The van der Waals surface area contributed by atoms with Gasteiger partial charge in [-0.3, -0.25) is 9.59 Å². The highest BCUT2D eigenvalue weighted by molar-refractivity contribution is 6.31. The average molecular weight is 464 g/mol. The molecule has 0 aliphatic rings. The molecule has 4 aromatic rings. The van der Waals surface area contributed by atoms with Gasteiger partial charge in [0.25, 0.3) is 11.8 Å². The van der Waals surface area contributed by atoms with E-state index >= 15 is 0 Å². The Morgan fingerprint density at radius 3 is 2.45 bits per heavy atom. The summed E-state index contributed by atoms with van der Waals surface area (Å²) in [6.45, 7) is 2.28. The number of halogens is 2. The topological polar surface area (TPSA) is 74.0 Å². The second-order valence-corrected chi connectivity index (χ2v) is 8.22. The Kier molecular flexibility index (Phi) is 6.47. The molecule has 0 radical (unpaired) electrons. The molecule has 3 aromatic carbocycles. The van der Waals surface area contributed by atoms with Crippen molar-refractivity contribution in [3.05, 3.63) is 93.9 Å². The molecule has 3 N–H and O–H groups in total. The van der Waals surface area contributed by atoms with E-state index in [1.807, 2.05) is 37.3 Å². The maximum Gasteiger partial charge on any atom is 0.251 e. The lowest BCUT2D eigenvalue weighted by Crippen LogP contribution is -2.25. The first-order chi connectivity index (χ1) is 15.9. The van der Waals surface area contributed by atoms with Crippen LogP contribution >= 0.6 is 11.6 Å². The Bertz CT molecular complexity index is 1350. The molecule has 168 valence electrons. The van der Waals surface area contributed by atoms with Gasteiger partial charge in [0.2, 0.25) is 0 Å². The van der Waals surface area contributed by atoms with Gasteiger partial charge in [-0.05, 0) is 66.4 Å². The van der Waals surface area contributed by atoms with Gasteiger partial charge in [0.15, 0.2) is 0 Å². The molecule has 0 unspecified atom stereocenters. The molecule has 0 saturated carbocycles. The number of hydrogen-bond donors (Lipinski definition) is 3. The van der Waals surface area contributed by atoms with Gasteiger partial charge in [-0.1, -0.05) is 35.9 Å². The Morgan fingerprint density at radius 2 is 1.73 bits per heavy atom. The van der Waals surface area contributed by atoms with Crippen LogP contribution in [0.5, 0.6) is 0 Å². The van der Waals surface area contributed by atoms with Crippen LogP contribution in [0.4, 0.5) is 4.39 Å². The van der Waals surface area contributed by atoms with Gasteiger partial charge >= 0.3 is 0 Å². The Balaban J connectivity index is 1.43. The third-order valence-corrected chi connectivity index (χ3v) is 5.86. The van der Waals surface area contributed by atoms with E-state index in [4.69, 9.17) is 11.6 Å². The molecule has 0 aliphatic carbocycles. The van der Waals surface area contributed by atoms with Gasteiger partial charge in [0.1, 0.15) is 5.82 Å². The zero-order chi connectivity index (χ0) is 23.5. The number of fused-ring (bicyclic) bond motifs is 1. The first kappa shape index (κ1) is 22.6. The van der Waals surface area contributed by atoms with Crippen LogP contribution in [0.3, 0.4) is 0 Å². The zero-order valence-electron chi connectivity index (χ0n) is 18.3. The van der Waals surface area contributed by atoms with Gasteiger partial charge in [-0.2, -0.15) is 0 Å². The minimum absolute atomic E-state index is 0.150. The quantitative estimate of drug-likeness (QED) is 0.364. The Morgan fingerprint density at radius 1 is 0.970 bits per heavy atom. The minimum Gasteiger partial charge on any atom is -0.356 e. The van der Waals surface area contributed by atoms with E-state index in [0.29, 0.717) is 34.6 Å². The normalized spacial score (nSPS) is 10.9. The van der Waals surface area contributed by atoms with Crippen molar-refractivity contribution < 1.29 is 14.0 Å². The molecule has 0 saturated heterocycles. The lowest BCUT2D eigenvalue weighted by molar-refractivity contribution is 0.0949. The second-order valence-electron chi connectivity index (χ2n) is 7.78. The SMILES string of the molecule is CNC(=O)c1cccc(-c2ccc(C(=O)NCCc3c(C)[nH]c4c(F)cc(Cl)cc34)cc2)c1. The summed E-state index contributed by atoms with van der Waals surface area (Å²) in [5.74, 6) is -0.734. The minimum atomic E-state index is -0.392. The molecule has 0 fully saturated rings. The summed E-state index contributed by atoms with van der Waals surface area (Å²) in [4.78, 5) is 27.5. The number of benzene rings is 3. The van der Waals surface area contributed by atoms with Crippen molar-refractivity contribution in [2.45, 2.75) is 13.3 Å². The second kappa shape index (κ2) is 9.46. The molecule has 0 aliphatic heterocycles. The lowest BCUT2D eigenvalue weighted by Gasteiger charge is -2.08. The van der Waals surface area contributed by atoms with E-state index in [-0.39, 0.29) is 11.8 Å². The fourth-order valence-corrected chi connectivity index (χ4v) is 4.13. The molecule has 7 heteroatoms. The molecule has 1 aromatic heterocycles. The monoisotopic (exact) mass is 463 g/mol. The predicted molar refractivity (Wildman–Crippen MR) is 129 cm³/mol. The van der Waals surface area contributed by atoms with Crippen molar-refractivity contribution in [2.24, 2.45) is 0 Å². The number of carbonyl (C=O) groups is 2. The molecule has 4 rings (SSSR count). The van der Waals surface area contributed by atoms with E-state index < -0.39 is 5.82 Å². The molecule has 5 nitrogen and oxygen atoms in total. The first-order valence-electron chi connectivity index (χ1n) is 10.5. The van der Waals surface area contributed by atoms with Crippen molar-refractivity contribution in [1.29, 1.82) is 0 Å². The summed E-state index contributed by atoms with van der Waals surface area (Å²) in [5.41, 5.74) is 5.11. The number of carbonyl (C=O) groups excluding carboxylic acids is 2. The van der Waals surface area contributed by atoms with Gasteiger partial charge in [-0.15, -0.1) is 0 Å². The number of hydrogen-bond acceptors (Lipinski definition) is 2. The summed E-state index contributed by atoms with van der Waals surface area (Å²) < 4.78 is 14.1. The fourth-order valence-electron chi connectivity index (χ4n) is 3.93. The van der Waals surface area contributed by atoms with Gasteiger partial charge in [0, 0.05) is 40.8 Å². The van der Waals surface area contributed by atoms with Crippen molar-refractivity contribution in [2.75, 3.05) is 13.6 Å². The van der Waals surface area contributed by atoms with Crippen LogP contribution in [0, 0.1) is 12.7 Å². The largest absolute Gasteiger partial charge is 0.356 e. The molecule has 33 heavy (non-hydrogen) atoms. The van der Waals surface area contributed by atoms with Crippen LogP contribution in [0.25, 0.3) is 22.0 Å². The third kappa shape index (κ3) is 4.76. The predicted octanol–water partition coefficient (Wildman–Crippen LogP) is 5.27. The summed E-state index contributed by atoms with van der Waals surface area (Å²) in [6.07, 6.45) is 0.543. The van der Waals surface area contributed by atoms with Crippen LogP contribution in [0.1, 0.15) is 32.0 Å². The number of H-pyrrole nitrogens is 1. The highest BCUT2D eigenvalue weighted by Gasteiger charge is 2.14. The van der Waals surface area contributed by atoms with E-state index in [1.165, 1.54) is 6.07 Å². The first-order valence-corrected chi connectivity index (χ1v) is 10.9. The lowest BCUT2D eigenvalue weighted by atomic mass is 10.0. The third-order valence-electron chi connectivity index (χ3n) is 5.64. The standard InChI is InChI=1S/C26H23ClFN3O2/c1-15-21(22-13-20(27)14-23(28)24(22)31-15)10-11-30-26(33)17-8-6-16(7-9-17)18-4-3-5-19(12-18)25(32)29-2/h3-9,12-14,31H,10-11H2,1-2H3,(H,29,32)(H,30,33). The maximum absolute atomic E-state index is 14.1. The Hall–Kier alpha value is -3.64. The van der Waals surface area contributed by atoms with E-state index in [1.54, 1.807) is 31.3 Å². The van der Waals surface area contributed by atoms with Crippen molar-refractivity contribution >= 4 is 34.3 Å². The summed E-state index contributed by atoms with van der Waals surface area (Å²) in [5, 5.41) is 6.60. The van der Waals surface area contributed by atoms with Crippen LogP contribution in [0.2, 0.25) is 5.02 Å². The average Bonchev–Trinajstić information content (AvgIpc) is 3.14. The van der Waals surface area contributed by atoms with Crippen LogP contribution < -0.4 is 10.6 Å². The smallest absolute Gasteiger partial charge is 0.251 e. The molecule has 1 heterocycles. The van der Waals surface area contributed by atoms with Crippen LogP contribution in [0.15, 0.2) is 60.7 Å².